The second-order valence-electron chi connectivity index (χ2n) is 12.7. The number of esters is 1. The van der Waals surface area contributed by atoms with Crippen LogP contribution < -0.4 is 15.4 Å². The number of hydrogen-bond acceptors (Lipinski definition) is 6. The average molecular weight is 669 g/mol. The maximum absolute atomic E-state index is 13.4. The molecule has 4 unspecified atom stereocenters. The van der Waals surface area contributed by atoms with Gasteiger partial charge in [-0.25, -0.2) is 0 Å². The topological polar surface area (TPSA) is 114 Å². The lowest BCUT2D eigenvalue weighted by Crippen LogP contribution is -2.47. The molecular formula is C41H52N2O6. The highest BCUT2D eigenvalue weighted by Gasteiger charge is 2.27. The van der Waals surface area contributed by atoms with Crippen LogP contribution in [-0.2, 0) is 38.6 Å². The fourth-order valence-corrected chi connectivity index (χ4v) is 5.42. The van der Waals surface area contributed by atoms with Crippen molar-refractivity contribution in [2.75, 3.05) is 13.2 Å². The smallest absolute Gasteiger partial charge is 0.309 e. The zero-order valence-electron chi connectivity index (χ0n) is 28.9. The van der Waals surface area contributed by atoms with Gasteiger partial charge in [-0.15, -0.1) is 13.2 Å². The van der Waals surface area contributed by atoms with Crippen LogP contribution >= 0.6 is 0 Å². The normalized spacial score (nSPS) is 13.4. The number of aliphatic hydroxyl groups is 1. The molecule has 262 valence electrons. The molecule has 3 N–H and O–H groups in total. The van der Waals surface area contributed by atoms with Gasteiger partial charge in [-0.2, -0.15) is 0 Å². The highest BCUT2D eigenvalue weighted by Crippen LogP contribution is 2.19. The van der Waals surface area contributed by atoms with Crippen LogP contribution in [0.25, 0.3) is 0 Å². The maximum Gasteiger partial charge on any atom is 0.309 e. The number of nitrogens with one attached hydrogen (secondary N) is 2. The van der Waals surface area contributed by atoms with Crippen LogP contribution in [0.4, 0.5) is 0 Å². The molecule has 0 bridgehead atoms. The van der Waals surface area contributed by atoms with Crippen molar-refractivity contribution in [2.45, 2.75) is 71.1 Å². The standard InChI is InChI=1S/C41H52N2O6/c1-5-7-19-35(24-31-15-10-8-11-16-31)41(47)49-29-38(30(3)4)43-40(46)34(14-6-2)26-39(45)42-36(27-44)25-32-20-22-37(23-21-32)48-28-33-17-12-9-13-18-33/h5-6,8-13,15-18,20-23,30,34-36,38,44H,1-2,7,14,19,24-29H2,3-4H3,(H,42,45)(H,43,46). The Bertz CT molecular complexity index is 1440. The molecule has 0 heterocycles. The zero-order valence-corrected chi connectivity index (χ0v) is 28.9. The molecular weight excluding hydrogens is 616 g/mol. The van der Waals surface area contributed by atoms with Gasteiger partial charge in [0, 0.05) is 6.42 Å². The molecule has 0 aliphatic carbocycles. The van der Waals surface area contributed by atoms with Crippen molar-refractivity contribution in [1.82, 2.24) is 10.6 Å². The summed E-state index contributed by atoms with van der Waals surface area (Å²) in [6.07, 6.45) is 5.91. The second-order valence-corrected chi connectivity index (χ2v) is 12.7. The Hall–Kier alpha value is -4.69. The third-order valence-electron chi connectivity index (χ3n) is 8.41. The van der Waals surface area contributed by atoms with Crippen molar-refractivity contribution in [3.8, 4) is 5.75 Å². The summed E-state index contributed by atoms with van der Waals surface area (Å²) in [7, 11) is 0. The Morgan fingerprint density at radius 3 is 2.02 bits per heavy atom. The van der Waals surface area contributed by atoms with Gasteiger partial charge in [-0.3, -0.25) is 14.4 Å². The molecule has 3 rings (SSSR count). The van der Waals surface area contributed by atoms with E-state index in [1.54, 1.807) is 12.2 Å². The van der Waals surface area contributed by atoms with E-state index in [9.17, 15) is 19.5 Å². The number of ether oxygens (including phenoxy) is 2. The fraction of sp³-hybridized carbons (Fsp3) is 0.390. The third-order valence-corrected chi connectivity index (χ3v) is 8.41. The average Bonchev–Trinajstić information content (AvgIpc) is 3.11. The molecule has 0 radical (unpaired) electrons. The molecule has 8 nitrogen and oxygen atoms in total. The van der Waals surface area contributed by atoms with Crippen LogP contribution in [0.5, 0.6) is 5.75 Å². The van der Waals surface area contributed by atoms with E-state index >= 15 is 0 Å². The van der Waals surface area contributed by atoms with Gasteiger partial charge in [0.1, 0.15) is 19.0 Å². The van der Waals surface area contributed by atoms with Gasteiger partial charge in [-0.1, -0.05) is 98.8 Å². The molecule has 0 saturated heterocycles. The molecule has 2 amide bonds. The monoisotopic (exact) mass is 668 g/mol. The molecule has 3 aromatic carbocycles. The quantitative estimate of drug-likeness (QED) is 0.0847. The van der Waals surface area contributed by atoms with Gasteiger partial charge in [0.2, 0.25) is 11.8 Å². The van der Waals surface area contributed by atoms with Crippen molar-refractivity contribution in [1.29, 1.82) is 0 Å². The van der Waals surface area contributed by atoms with Crippen LogP contribution in [0.3, 0.4) is 0 Å². The van der Waals surface area contributed by atoms with Crippen molar-refractivity contribution in [3.63, 3.8) is 0 Å². The minimum absolute atomic E-state index is 0.0235. The Morgan fingerprint density at radius 2 is 1.43 bits per heavy atom. The van der Waals surface area contributed by atoms with Gasteiger partial charge < -0.3 is 25.2 Å². The summed E-state index contributed by atoms with van der Waals surface area (Å²) in [4.78, 5) is 39.6. The number of rotatable bonds is 22. The largest absolute Gasteiger partial charge is 0.489 e. The van der Waals surface area contributed by atoms with E-state index in [2.05, 4.69) is 23.8 Å². The van der Waals surface area contributed by atoms with E-state index in [4.69, 9.17) is 9.47 Å². The summed E-state index contributed by atoms with van der Waals surface area (Å²) in [5.41, 5.74) is 3.05. The van der Waals surface area contributed by atoms with E-state index in [1.165, 1.54) is 0 Å². The van der Waals surface area contributed by atoms with Crippen molar-refractivity contribution in [2.24, 2.45) is 17.8 Å². The summed E-state index contributed by atoms with van der Waals surface area (Å²) in [5, 5.41) is 15.9. The Kier molecular flexibility index (Phi) is 16.9. The number of aliphatic hydroxyl groups excluding tert-OH is 1. The Morgan fingerprint density at radius 1 is 0.796 bits per heavy atom. The summed E-state index contributed by atoms with van der Waals surface area (Å²) in [6, 6.07) is 26.3. The number of carbonyl (C=O) groups is 3. The van der Waals surface area contributed by atoms with Crippen molar-refractivity contribution in [3.05, 3.63) is 127 Å². The third kappa shape index (κ3) is 14.1. The molecule has 0 aliphatic heterocycles. The molecule has 0 aliphatic rings. The zero-order chi connectivity index (χ0) is 35.4. The second kappa shape index (κ2) is 21.3. The first kappa shape index (κ1) is 38.8. The van der Waals surface area contributed by atoms with Gasteiger partial charge in [0.15, 0.2) is 0 Å². The summed E-state index contributed by atoms with van der Waals surface area (Å²) in [6.45, 7) is 11.7. The van der Waals surface area contributed by atoms with Crippen LogP contribution in [0.1, 0.15) is 56.2 Å². The fourth-order valence-electron chi connectivity index (χ4n) is 5.42. The molecule has 49 heavy (non-hydrogen) atoms. The van der Waals surface area contributed by atoms with E-state index in [-0.39, 0.29) is 49.3 Å². The lowest BCUT2D eigenvalue weighted by molar-refractivity contribution is -0.150. The predicted molar refractivity (Wildman–Crippen MR) is 194 cm³/mol. The van der Waals surface area contributed by atoms with Crippen molar-refractivity contribution >= 4 is 17.8 Å². The summed E-state index contributed by atoms with van der Waals surface area (Å²) in [5.74, 6) is -1.27. The molecule has 0 saturated carbocycles. The van der Waals surface area contributed by atoms with Crippen LogP contribution in [0.2, 0.25) is 0 Å². The van der Waals surface area contributed by atoms with Crippen molar-refractivity contribution < 1.29 is 29.0 Å². The molecule has 8 heteroatoms. The van der Waals surface area contributed by atoms with Crippen LogP contribution in [0, 0.1) is 17.8 Å². The number of allylic oxidation sites excluding steroid dienone is 2. The van der Waals surface area contributed by atoms with E-state index in [1.807, 2.05) is 98.8 Å². The predicted octanol–water partition coefficient (Wildman–Crippen LogP) is 6.38. The highest BCUT2D eigenvalue weighted by atomic mass is 16.5. The highest BCUT2D eigenvalue weighted by molar-refractivity contribution is 5.86. The lowest BCUT2D eigenvalue weighted by atomic mass is 9.94. The summed E-state index contributed by atoms with van der Waals surface area (Å²) < 4.78 is 11.6. The number of hydrogen-bond donors (Lipinski definition) is 3. The SMILES string of the molecule is C=CCCC(Cc1ccccc1)C(=O)OCC(NC(=O)C(CC=C)CC(=O)NC(CO)Cc1ccc(OCc2ccccc2)cc1)C(C)C. The van der Waals surface area contributed by atoms with Crippen LogP contribution in [-0.4, -0.2) is 48.2 Å². The molecule has 3 aromatic rings. The van der Waals surface area contributed by atoms with Crippen LogP contribution in [0.15, 0.2) is 110 Å². The van der Waals surface area contributed by atoms with Gasteiger partial charge in [-0.05, 0) is 66.8 Å². The maximum atomic E-state index is 13.4. The molecule has 0 fully saturated rings. The number of benzene rings is 3. The molecule has 0 spiro atoms. The lowest BCUT2D eigenvalue weighted by Gasteiger charge is -2.26. The Balaban J connectivity index is 1.52. The minimum atomic E-state index is -0.673. The van der Waals surface area contributed by atoms with E-state index in [0.717, 1.165) is 22.4 Å². The first-order valence-corrected chi connectivity index (χ1v) is 17.1. The van der Waals surface area contributed by atoms with E-state index in [0.29, 0.717) is 38.7 Å². The first-order valence-electron chi connectivity index (χ1n) is 17.1. The minimum Gasteiger partial charge on any atom is -0.489 e. The molecule has 4 atom stereocenters. The number of amides is 2. The summed E-state index contributed by atoms with van der Waals surface area (Å²) >= 11 is 0. The van der Waals surface area contributed by atoms with Gasteiger partial charge in [0.05, 0.1) is 30.5 Å². The first-order chi connectivity index (χ1) is 23.7. The Labute approximate surface area is 291 Å². The van der Waals surface area contributed by atoms with E-state index < -0.39 is 18.0 Å². The molecule has 0 aromatic heterocycles. The van der Waals surface area contributed by atoms with Gasteiger partial charge in [0.25, 0.3) is 0 Å². The van der Waals surface area contributed by atoms with Gasteiger partial charge >= 0.3 is 5.97 Å². The number of carbonyl (C=O) groups excluding carboxylic acids is 3.